The lowest BCUT2D eigenvalue weighted by molar-refractivity contribution is -0.384. The molecule has 0 saturated heterocycles. The van der Waals surface area contributed by atoms with Crippen LogP contribution in [0.2, 0.25) is 0 Å². The van der Waals surface area contributed by atoms with E-state index in [1.165, 1.54) is 6.92 Å². The van der Waals surface area contributed by atoms with Gasteiger partial charge in [0.25, 0.3) is 5.69 Å². The highest BCUT2D eigenvalue weighted by Crippen LogP contribution is 2.35. The van der Waals surface area contributed by atoms with Crippen LogP contribution in [0.15, 0.2) is 33.6 Å². The Morgan fingerprint density at radius 3 is 2.37 bits per heavy atom. The minimum atomic E-state index is -4.59. The maximum Gasteiger partial charge on any atom is 0.436 e. The Balaban J connectivity index is 1.97. The lowest BCUT2D eigenvalue weighted by Gasteiger charge is -2.08. The Labute approximate surface area is 160 Å². The molecule has 2 rings (SSSR count). The maximum absolute atomic E-state index is 12.8. The highest BCUT2D eigenvalue weighted by Gasteiger charge is 2.37. The third-order valence-electron chi connectivity index (χ3n) is 3.60. The van der Waals surface area contributed by atoms with E-state index in [-0.39, 0.29) is 40.3 Å². The highest BCUT2D eigenvalue weighted by atomic mass is 79.9. The molecule has 0 bridgehead atoms. The predicted molar refractivity (Wildman–Crippen MR) is 92.6 cm³/mol. The Morgan fingerprint density at radius 1 is 1.30 bits per heavy atom. The number of nitro groups is 1. The summed E-state index contributed by atoms with van der Waals surface area (Å²) in [5.74, 6) is 0. The van der Waals surface area contributed by atoms with Crippen molar-refractivity contribution in [3.8, 4) is 0 Å². The highest BCUT2D eigenvalue weighted by molar-refractivity contribution is 9.10. The van der Waals surface area contributed by atoms with E-state index in [0.717, 1.165) is 28.9 Å². The van der Waals surface area contributed by atoms with E-state index in [9.17, 15) is 31.7 Å². The van der Waals surface area contributed by atoms with Gasteiger partial charge in [0.05, 0.1) is 20.0 Å². The monoisotopic (exact) mass is 470 g/mol. The van der Waals surface area contributed by atoms with Crippen molar-refractivity contribution in [2.75, 3.05) is 6.54 Å². The van der Waals surface area contributed by atoms with Gasteiger partial charge in [-0.25, -0.2) is 13.1 Å². The third kappa shape index (κ3) is 5.05. The number of aryl methyl sites for hydroxylation is 1. The summed E-state index contributed by atoms with van der Waals surface area (Å²) in [6.07, 6.45) is -4.40. The first-order valence-electron chi connectivity index (χ1n) is 7.47. The van der Waals surface area contributed by atoms with E-state index in [1.807, 2.05) is 0 Å². The molecule has 1 N–H and O–H groups in total. The van der Waals surface area contributed by atoms with Gasteiger partial charge in [-0.2, -0.15) is 18.3 Å². The van der Waals surface area contributed by atoms with Crippen LogP contribution in [0.5, 0.6) is 0 Å². The van der Waals surface area contributed by atoms with Crippen LogP contribution in [0.25, 0.3) is 0 Å². The fourth-order valence-electron chi connectivity index (χ4n) is 2.19. The van der Waals surface area contributed by atoms with Gasteiger partial charge in [0.2, 0.25) is 10.0 Å². The summed E-state index contributed by atoms with van der Waals surface area (Å²) in [4.78, 5) is 9.78. The Morgan fingerprint density at radius 2 is 1.89 bits per heavy atom. The quantitative estimate of drug-likeness (QED) is 0.379. The van der Waals surface area contributed by atoms with E-state index in [0.29, 0.717) is 0 Å². The van der Waals surface area contributed by atoms with Crippen molar-refractivity contribution in [2.45, 2.75) is 31.0 Å². The van der Waals surface area contributed by atoms with Crippen molar-refractivity contribution in [1.82, 2.24) is 14.5 Å². The number of nitrogens with zero attached hydrogens (tertiary/aromatic N) is 3. The molecule has 27 heavy (non-hydrogen) atoms. The summed E-state index contributed by atoms with van der Waals surface area (Å²) in [6, 6.07) is 4.34. The molecular weight excluding hydrogens is 457 g/mol. The van der Waals surface area contributed by atoms with Crippen LogP contribution in [0, 0.1) is 17.0 Å². The first kappa shape index (κ1) is 21.3. The molecule has 8 nitrogen and oxygen atoms in total. The zero-order valence-electron chi connectivity index (χ0n) is 13.8. The summed E-state index contributed by atoms with van der Waals surface area (Å²) < 4.78 is 66.0. The molecule has 0 fully saturated rings. The molecule has 0 radical (unpaired) electrons. The second-order valence-corrected chi connectivity index (χ2v) is 8.03. The largest absolute Gasteiger partial charge is 0.436 e. The third-order valence-corrected chi connectivity index (χ3v) is 6.02. The molecule has 0 aliphatic rings. The molecule has 148 valence electrons. The van der Waals surface area contributed by atoms with Gasteiger partial charge in [-0.05, 0) is 41.4 Å². The number of sulfonamides is 1. The Kier molecular flexibility index (Phi) is 6.27. The second-order valence-electron chi connectivity index (χ2n) is 5.47. The van der Waals surface area contributed by atoms with Gasteiger partial charge in [0.1, 0.15) is 0 Å². The van der Waals surface area contributed by atoms with Crippen molar-refractivity contribution in [2.24, 2.45) is 0 Å². The molecule has 0 amide bonds. The molecule has 0 unspecified atom stereocenters. The lowest BCUT2D eigenvalue weighted by atomic mass is 10.3. The zero-order chi connectivity index (χ0) is 20.4. The SMILES string of the molecule is Cc1c(Br)c(C(F)(F)F)nn1CCCNS(=O)(=O)c1ccc([N+](=O)[O-])cc1. The number of hydrogen-bond acceptors (Lipinski definition) is 5. The fraction of sp³-hybridized carbons (Fsp3) is 0.357. The lowest BCUT2D eigenvalue weighted by Crippen LogP contribution is -2.25. The van der Waals surface area contributed by atoms with Crippen molar-refractivity contribution in [1.29, 1.82) is 0 Å². The first-order chi connectivity index (χ1) is 12.4. The predicted octanol–water partition coefficient (Wildman–Crippen LogP) is 3.25. The number of nitro benzene ring substituents is 1. The minimum absolute atomic E-state index is 0.0441. The van der Waals surface area contributed by atoms with Crippen LogP contribution in [0.1, 0.15) is 17.8 Å². The number of aromatic nitrogens is 2. The molecule has 1 heterocycles. The van der Waals surface area contributed by atoms with Crippen LogP contribution >= 0.6 is 15.9 Å². The van der Waals surface area contributed by atoms with Crippen molar-refractivity contribution in [3.05, 3.63) is 50.2 Å². The van der Waals surface area contributed by atoms with Crippen LogP contribution in [0.4, 0.5) is 18.9 Å². The number of benzene rings is 1. The second kappa shape index (κ2) is 7.94. The van der Waals surface area contributed by atoms with Gasteiger partial charge in [0, 0.05) is 25.2 Å². The number of halogens is 4. The molecule has 13 heteroatoms. The number of non-ortho nitro benzene ring substituents is 1. The smallest absolute Gasteiger partial charge is 0.268 e. The standard InChI is InChI=1S/C14H14BrF3N4O4S/c1-9-12(15)13(14(16,17)18)20-21(9)8-2-7-19-27(25,26)11-5-3-10(4-6-11)22(23)24/h3-6,19H,2,7-8H2,1H3. The average molecular weight is 471 g/mol. The van der Waals surface area contributed by atoms with Crippen LogP contribution in [-0.2, 0) is 22.7 Å². The van der Waals surface area contributed by atoms with E-state index in [1.54, 1.807) is 0 Å². The molecule has 1 aromatic carbocycles. The van der Waals surface area contributed by atoms with E-state index in [4.69, 9.17) is 0 Å². The topological polar surface area (TPSA) is 107 Å². The molecule has 0 atom stereocenters. The average Bonchev–Trinajstić information content (AvgIpc) is 2.87. The van der Waals surface area contributed by atoms with Crippen LogP contribution < -0.4 is 4.72 Å². The molecule has 0 saturated carbocycles. The van der Waals surface area contributed by atoms with Crippen molar-refractivity contribution < 1.29 is 26.5 Å². The normalized spacial score (nSPS) is 12.3. The number of alkyl halides is 3. The van der Waals surface area contributed by atoms with Crippen LogP contribution in [-0.4, -0.2) is 29.7 Å². The summed E-state index contributed by atoms with van der Waals surface area (Å²) in [5, 5.41) is 14.1. The van der Waals surface area contributed by atoms with E-state index >= 15 is 0 Å². The molecule has 0 aliphatic heterocycles. The summed E-state index contributed by atoms with van der Waals surface area (Å²) >= 11 is 2.86. The molecule has 1 aromatic heterocycles. The summed E-state index contributed by atoms with van der Waals surface area (Å²) in [5.41, 5.74) is -0.999. The zero-order valence-corrected chi connectivity index (χ0v) is 16.2. The summed E-state index contributed by atoms with van der Waals surface area (Å²) in [6.45, 7) is 1.49. The van der Waals surface area contributed by atoms with Gasteiger partial charge in [-0.3, -0.25) is 14.8 Å². The van der Waals surface area contributed by atoms with Crippen molar-refractivity contribution >= 4 is 31.6 Å². The Hall–Kier alpha value is -1.99. The van der Waals surface area contributed by atoms with Crippen molar-refractivity contribution in [3.63, 3.8) is 0 Å². The summed E-state index contributed by atoms with van der Waals surface area (Å²) in [7, 11) is -3.89. The fourth-order valence-corrected chi connectivity index (χ4v) is 3.77. The van der Waals surface area contributed by atoms with Gasteiger partial charge in [-0.1, -0.05) is 0 Å². The first-order valence-corrected chi connectivity index (χ1v) is 9.75. The maximum atomic E-state index is 12.8. The Bertz CT molecular complexity index is 943. The van der Waals surface area contributed by atoms with Gasteiger partial charge in [-0.15, -0.1) is 0 Å². The van der Waals surface area contributed by atoms with E-state index in [2.05, 4.69) is 25.8 Å². The molecule has 0 spiro atoms. The minimum Gasteiger partial charge on any atom is -0.268 e. The number of nitrogens with one attached hydrogen (secondary N) is 1. The van der Waals surface area contributed by atoms with E-state index < -0.39 is 26.8 Å². The molecule has 0 aliphatic carbocycles. The molecule has 2 aromatic rings. The van der Waals surface area contributed by atoms with Crippen LogP contribution in [0.3, 0.4) is 0 Å². The molecular formula is C14H14BrF3N4O4S. The van der Waals surface area contributed by atoms with Gasteiger partial charge >= 0.3 is 6.18 Å². The number of rotatable bonds is 7. The number of hydrogen-bond donors (Lipinski definition) is 1. The van der Waals surface area contributed by atoms with Gasteiger partial charge in [0.15, 0.2) is 5.69 Å². The van der Waals surface area contributed by atoms with Gasteiger partial charge < -0.3 is 0 Å².